The first-order valence-electron chi connectivity index (χ1n) is 5.64. The quantitative estimate of drug-likeness (QED) is 0.413. The van der Waals surface area contributed by atoms with Gasteiger partial charge in [-0.3, -0.25) is 3.89 Å². The van der Waals surface area contributed by atoms with E-state index in [0.717, 1.165) is 33.4 Å². The van der Waals surface area contributed by atoms with Crippen LogP contribution in [0.3, 0.4) is 0 Å². The van der Waals surface area contributed by atoms with Crippen LogP contribution in [0.15, 0.2) is 29.2 Å². The summed E-state index contributed by atoms with van der Waals surface area (Å²) in [4.78, 5) is 1.16. The van der Waals surface area contributed by atoms with Crippen molar-refractivity contribution in [3.05, 3.63) is 29.3 Å². The zero-order valence-corrected chi connectivity index (χ0v) is 12.5. The number of quaternary nitrogens is 1. The third-order valence-electron chi connectivity index (χ3n) is 2.85. The van der Waals surface area contributed by atoms with E-state index in [-0.39, 0.29) is 0 Å². The minimum atomic E-state index is 0.849. The van der Waals surface area contributed by atoms with E-state index in [4.69, 9.17) is 11.6 Å². The number of hydrogen-bond acceptors (Lipinski definition) is 2. The molecule has 0 spiro atoms. The van der Waals surface area contributed by atoms with Crippen molar-refractivity contribution in [2.75, 3.05) is 19.6 Å². The van der Waals surface area contributed by atoms with Gasteiger partial charge >= 0.3 is 0 Å². The van der Waals surface area contributed by atoms with E-state index < -0.39 is 0 Å². The second-order valence-corrected chi connectivity index (χ2v) is 6.48. The van der Waals surface area contributed by atoms with Gasteiger partial charge in [0.05, 0.1) is 24.7 Å². The van der Waals surface area contributed by atoms with Crippen LogP contribution in [0.4, 0.5) is 0 Å². The van der Waals surface area contributed by atoms with Crippen LogP contribution in [0.5, 0.6) is 0 Å². The molecule has 0 saturated carbocycles. The SMILES string of the molecule is CC[N+](CC)(CC)SSc1ccccc1Cl. The Morgan fingerprint density at radius 3 is 2.12 bits per heavy atom. The molecule has 0 fully saturated rings. The predicted molar refractivity (Wildman–Crippen MR) is 76.8 cm³/mol. The maximum atomic E-state index is 6.14. The molecule has 0 aromatic heterocycles. The molecule has 0 radical (unpaired) electrons. The third-order valence-corrected chi connectivity index (χ3v) is 6.70. The normalized spacial score (nSPS) is 11.8. The summed E-state index contributed by atoms with van der Waals surface area (Å²) in [6.07, 6.45) is 0. The van der Waals surface area contributed by atoms with Crippen molar-refractivity contribution in [2.24, 2.45) is 0 Å². The summed E-state index contributed by atoms with van der Waals surface area (Å²) in [6, 6.07) is 8.03. The monoisotopic (exact) mass is 276 g/mol. The highest BCUT2D eigenvalue weighted by atomic mass is 35.5. The summed E-state index contributed by atoms with van der Waals surface area (Å²) in [5.41, 5.74) is 0. The number of hydrogen-bond donors (Lipinski definition) is 0. The lowest BCUT2D eigenvalue weighted by atomic mass is 10.4. The van der Waals surface area contributed by atoms with Crippen LogP contribution in [0.1, 0.15) is 20.8 Å². The molecular weight excluding hydrogens is 258 g/mol. The van der Waals surface area contributed by atoms with Crippen LogP contribution < -0.4 is 0 Å². The molecular formula is C12H19ClNS2+. The molecule has 16 heavy (non-hydrogen) atoms. The Hall–Kier alpha value is 0.170. The lowest BCUT2D eigenvalue weighted by Gasteiger charge is -2.31. The van der Waals surface area contributed by atoms with Crippen LogP contribution in [0.25, 0.3) is 0 Å². The van der Waals surface area contributed by atoms with Crippen LogP contribution in [-0.4, -0.2) is 23.5 Å². The Bertz CT molecular complexity index is 318. The molecule has 1 aromatic carbocycles. The van der Waals surface area contributed by atoms with Crippen molar-refractivity contribution in [1.29, 1.82) is 0 Å². The fraction of sp³-hybridized carbons (Fsp3) is 0.500. The van der Waals surface area contributed by atoms with E-state index in [1.165, 1.54) is 0 Å². The highest BCUT2D eigenvalue weighted by molar-refractivity contribution is 8.74. The molecule has 0 unspecified atom stereocenters. The number of nitrogens with zero attached hydrogens (tertiary/aromatic N) is 1. The summed E-state index contributed by atoms with van der Waals surface area (Å²) in [6.45, 7) is 10.2. The van der Waals surface area contributed by atoms with Crippen molar-refractivity contribution in [1.82, 2.24) is 0 Å². The van der Waals surface area contributed by atoms with Gasteiger partial charge in [0, 0.05) is 15.7 Å². The van der Waals surface area contributed by atoms with Crippen LogP contribution in [0, 0.1) is 0 Å². The van der Waals surface area contributed by atoms with Gasteiger partial charge in [-0.1, -0.05) is 23.7 Å². The van der Waals surface area contributed by atoms with Gasteiger partial charge in [-0.25, -0.2) is 0 Å². The molecule has 0 bridgehead atoms. The molecule has 0 amide bonds. The summed E-state index contributed by atoms with van der Waals surface area (Å²) in [5, 5.41) is 0.849. The third kappa shape index (κ3) is 3.59. The van der Waals surface area contributed by atoms with Crippen LogP contribution in [0.2, 0.25) is 5.02 Å². The largest absolute Gasteiger partial charge is 0.252 e. The topological polar surface area (TPSA) is 0 Å². The molecule has 1 rings (SSSR count). The minimum Gasteiger partial charge on any atom is -0.252 e. The van der Waals surface area contributed by atoms with Gasteiger partial charge in [0.1, 0.15) is 0 Å². The standard InChI is InChI=1S/C12H19ClNS2/c1-4-14(5-2,6-3)16-15-12-10-8-7-9-11(12)13/h7-10H,4-6H2,1-3H3/q+1. The summed E-state index contributed by atoms with van der Waals surface area (Å²) >= 11 is 6.14. The van der Waals surface area contributed by atoms with Crippen molar-refractivity contribution >= 4 is 33.4 Å². The Balaban J connectivity index is 2.66. The van der Waals surface area contributed by atoms with Crippen molar-refractivity contribution < 1.29 is 3.89 Å². The Morgan fingerprint density at radius 1 is 1.06 bits per heavy atom. The average molecular weight is 277 g/mol. The van der Waals surface area contributed by atoms with E-state index in [1.54, 1.807) is 10.8 Å². The minimum absolute atomic E-state index is 0.849. The van der Waals surface area contributed by atoms with Gasteiger partial charge < -0.3 is 0 Å². The van der Waals surface area contributed by atoms with E-state index in [2.05, 4.69) is 26.8 Å². The van der Waals surface area contributed by atoms with Crippen molar-refractivity contribution in [3.8, 4) is 0 Å². The molecule has 4 heteroatoms. The fourth-order valence-electron chi connectivity index (χ4n) is 1.46. The lowest BCUT2D eigenvalue weighted by molar-refractivity contribution is -0.787. The van der Waals surface area contributed by atoms with Crippen LogP contribution >= 0.6 is 33.4 Å². The van der Waals surface area contributed by atoms with Gasteiger partial charge in [0.2, 0.25) is 0 Å². The Kier molecular flexibility index (Phi) is 6.05. The number of halogens is 1. The molecule has 0 atom stereocenters. The highest BCUT2D eigenvalue weighted by Gasteiger charge is 2.24. The Labute approximate surface area is 112 Å². The zero-order valence-electron chi connectivity index (χ0n) is 10.1. The summed E-state index contributed by atoms with van der Waals surface area (Å²) < 4.78 is 1.07. The molecule has 0 aliphatic carbocycles. The van der Waals surface area contributed by atoms with Gasteiger partial charge in [-0.15, -0.1) is 0 Å². The first-order valence-corrected chi connectivity index (χ1v) is 8.12. The number of benzene rings is 1. The summed E-state index contributed by atoms with van der Waals surface area (Å²) in [7, 11) is 3.69. The van der Waals surface area contributed by atoms with E-state index in [1.807, 2.05) is 29.2 Å². The molecule has 0 aliphatic rings. The van der Waals surface area contributed by atoms with Crippen molar-refractivity contribution in [3.63, 3.8) is 0 Å². The van der Waals surface area contributed by atoms with Crippen LogP contribution in [-0.2, 0) is 0 Å². The second kappa shape index (κ2) is 6.80. The first-order chi connectivity index (χ1) is 7.67. The molecule has 0 aliphatic heterocycles. The average Bonchev–Trinajstić information content (AvgIpc) is 2.34. The van der Waals surface area contributed by atoms with Gasteiger partial charge in [-0.2, -0.15) is 0 Å². The smallest absolute Gasteiger partial charge is 0.152 e. The van der Waals surface area contributed by atoms with Gasteiger partial charge in [0.25, 0.3) is 0 Å². The van der Waals surface area contributed by atoms with E-state index in [9.17, 15) is 0 Å². The van der Waals surface area contributed by atoms with Gasteiger partial charge in [0.15, 0.2) is 11.0 Å². The molecule has 90 valence electrons. The molecule has 1 nitrogen and oxygen atoms in total. The molecule has 0 N–H and O–H groups in total. The molecule has 0 heterocycles. The fourth-order valence-corrected chi connectivity index (χ4v) is 4.79. The Morgan fingerprint density at radius 2 is 1.62 bits per heavy atom. The van der Waals surface area contributed by atoms with Gasteiger partial charge in [-0.05, 0) is 32.9 Å². The first kappa shape index (κ1) is 14.2. The molecule has 0 saturated heterocycles. The van der Waals surface area contributed by atoms with E-state index in [0.29, 0.717) is 0 Å². The summed E-state index contributed by atoms with van der Waals surface area (Å²) in [5.74, 6) is 0. The van der Waals surface area contributed by atoms with E-state index >= 15 is 0 Å². The highest BCUT2D eigenvalue weighted by Crippen LogP contribution is 2.41. The second-order valence-electron chi connectivity index (χ2n) is 3.60. The van der Waals surface area contributed by atoms with Crippen molar-refractivity contribution in [2.45, 2.75) is 25.7 Å². The predicted octanol–water partition coefficient (Wildman–Crippen LogP) is 4.87. The molecule has 1 aromatic rings. The maximum absolute atomic E-state index is 6.14. The lowest BCUT2D eigenvalue weighted by Crippen LogP contribution is -2.39. The number of rotatable bonds is 6. The zero-order chi connectivity index (χ0) is 12.0. The maximum Gasteiger partial charge on any atom is 0.152 e.